The van der Waals surface area contributed by atoms with Crippen molar-refractivity contribution in [2.45, 2.75) is 31.3 Å². The van der Waals surface area contributed by atoms with E-state index in [9.17, 15) is 9.18 Å². The Balaban J connectivity index is 2.05. The molecule has 0 atom stereocenters. The van der Waals surface area contributed by atoms with Gasteiger partial charge in [-0.25, -0.2) is 4.39 Å². The summed E-state index contributed by atoms with van der Waals surface area (Å²) in [5.41, 5.74) is 5.89. The number of carbonyl (C=O) groups excluding carboxylic acids is 1. The number of benzene rings is 1. The van der Waals surface area contributed by atoms with Crippen LogP contribution in [0.1, 0.15) is 36.0 Å². The van der Waals surface area contributed by atoms with E-state index < -0.39 is 5.66 Å². The fourth-order valence-corrected chi connectivity index (χ4v) is 2.03. The Hall–Kier alpha value is -1.42. The van der Waals surface area contributed by atoms with Crippen LogP contribution in [-0.4, -0.2) is 11.6 Å². The molecule has 2 rings (SSSR count). The third kappa shape index (κ3) is 2.39. The van der Waals surface area contributed by atoms with E-state index >= 15 is 0 Å². The van der Waals surface area contributed by atoms with Gasteiger partial charge in [0, 0.05) is 5.56 Å². The van der Waals surface area contributed by atoms with E-state index in [4.69, 9.17) is 5.73 Å². The number of rotatable bonds is 2. The van der Waals surface area contributed by atoms with Crippen molar-refractivity contribution >= 4 is 5.91 Å². The zero-order chi connectivity index (χ0) is 11.6. The van der Waals surface area contributed by atoms with Gasteiger partial charge in [-0.2, -0.15) is 0 Å². The topological polar surface area (TPSA) is 55.1 Å². The second-order valence-electron chi connectivity index (χ2n) is 4.32. The average Bonchev–Trinajstić information content (AvgIpc) is 2.65. The molecule has 16 heavy (non-hydrogen) atoms. The molecule has 1 aromatic rings. The summed E-state index contributed by atoms with van der Waals surface area (Å²) in [5, 5.41) is 2.81. The van der Waals surface area contributed by atoms with Gasteiger partial charge in [0.1, 0.15) is 5.82 Å². The zero-order valence-corrected chi connectivity index (χ0v) is 9.00. The number of amides is 1. The molecule has 0 bridgehead atoms. The minimum Gasteiger partial charge on any atom is -0.334 e. The molecule has 3 nitrogen and oxygen atoms in total. The SMILES string of the molecule is NC1(NC(=O)c2ccc(F)cc2)CCCC1. The molecule has 0 unspecified atom stereocenters. The highest BCUT2D eigenvalue weighted by atomic mass is 19.1. The number of halogens is 1. The monoisotopic (exact) mass is 222 g/mol. The molecule has 1 saturated carbocycles. The molecule has 0 heterocycles. The fourth-order valence-electron chi connectivity index (χ4n) is 2.03. The van der Waals surface area contributed by atoms with Crippen molar-refractivity contribution in [3.8, 4) is 0 Å². The lowest BCUT2D eigenvalue weighted by Crippen LogP contribution is -2.53. The molecule has 1 amide bonds. The summed E-state index contributed by atoms with van der Waals surface area (Å²) in [6.45, 7) is 0. The molecule has 1 aliphatic carbocycles. The predicted octanol–water partition coefficient (Wildman–Crippen LogP) is 1.78. The van der Waals surface area contributed by atoms with Crippen LogP contribution in [-0.2, 0) is 0 Å². The molecular formula is C12H15FN2O. The summed E-state index contributed by atoms with van der Waals surface area (Å²) in [6, 6.07) is 5.46. The quantitative estimate of drug-likeness (QED) is 0.749. The summed E-state index contributed by atoms with van der Waals surface area (Å²) >= 11 is 0. The van der Waals surface area contributed by atoms with Gasteiger partial charge in [0.05, 0.1) is 5.66 Å². The normalized spacial score (nSPS) is 18.4. The van der Waals surface area contributed by atoms with Crippen molar-refractivity contribution in [1.29, 1.82) is 0 Å². The van der Waals surface area contributed by atoms with Crippen LogP contribution in [0.15, 0.2) is 24.3 Å². The van der Waals surface area contributed by atoms with Gasteiger partial charge < -0.3 is 11.1 Å². The van der Waals surface area contributed by atoms with Crippen LogP contribution < -0.4 is 11.1 Å². The van der Waals surface area contributed by atoms with Crippen molar-refractivity contribution in [2.75, 3.05) is 0 Å². The first-order valence-corrected chi connectivity index (χ1v) is 5.46. The Morgan fingerprint density at radius 3 is 2.38 bits per heavy atom. The molecule has 1 aromatic carbocycles. The van der Waals surface area contributed by atoms with Gasteiger partial charge in [-0.15, -0.1) is 0 Å². The van der Waals surface area contributed by atoms with Crippen LogP contribution >= 0.6 is 0 Å². The van der Waals surface area contributed by atoms with Gasteiger partial charge in [-0.3, -0.25) is 4.79 Å². The predicted molar refractivity (Wildman–Crippen MR) is 59.3 cm³/mol. The van der Waals surface area contributed by atoms with Crippen LogP contribution in [0.25, 0.3) is 0 Å². The van der Waals surface area contributed by atoms with Gasteiger partial charge in [0.2, 0.25) is 0 Å². The van der Waals surface area contributed by atoms with Crippen molar-refractivity contribution in [2.24, 2.45) is 5.73 Å². The zero-order valence-electron chi connectivity index (χ0n) is 9.00. The number of nitrogens with two attached hydrogens (primary N) is 1. The minimum atomic E-state index is -0.578. The lowest BCUT2D eigenvalue weighted by molar-refractivity contribution is 0.0902. The third-order valence-electron chi connectivity index (χ3n) is 2.96. The Bertz CT molecular complexity index is 383. The van der Waals surface area contributed by atoms with Gasteiger partial charge in [0.25, 0.3) is 5.91 Å². The maximum absolute atomic E-state index is 12.7. The molecule has 1 fully saturated rings. The lowest BCUT2D eigenvalue weighted by Gasteiger charge is -2.25. The number of hydrogen-bond acceptors (Lipinski definition) is 2. The molecule has 86 valence electrons. The summed E-state index contributed by atoms with van der Waals surface area (Å²) in [5.74, 6) is -0.579. The summed E-state index contributed by atoms with van der Waals surface area (Å²) in [4.78, 5) is 11.8. The van der Waals surface area contributed by atoms with Crippen LogP contribution in [0.5, 0.6) is 0 Å². The van der Waals surface area contributed by atoms with E-state index in [0.29, 0.717) is 5.56 Å². The molecule has 4 heteroatoms. The summed E-state index contributed by atoms with van der Waals surface area (Å²) < 4.78 is 12.7. The van der Waals surface area contributed by atoms with Crippen LogP contribution in [0.2, 0.25) is 0 Å². The Kier molecular flexibility index (Phi) is 2.92. The first-order valence-electron chi connectivity index (χ1n) is 5.46. The standard InChI is InChI=1S/C12H15FN2O/c13-10-5-3-9(4-6-10)11(16)15-12(14)7-1-2-8-12/h3-6H,1-2,7-8,14H2,(H,15,16). The molecule has 0 spiro atoms. The Morgan fingerprint density at radius 1 is 1.25 bits per heavy atom. The number of carbonyl (C=O) groups is 1. The molecule has 1 aliphatic rings. The molecule has 0 aromatic heterocycles. The molecule has 3 N–H and O–H groups in total. The van der Waals surface area contributed by atoms with Crippen LogP contribution in [0.3, 0.4) is 0 Å². The third-order valence-corrected chi connectivity index (χ3v) is 2.96. The maximum Gasteiger partial charge on any atom is 0.252 e. The van der Waals surface area contributed by atoms with Crippen molar-refractivity contribution < 1.29 is 9.18 Å². The number of hydrogen-bond donors (Lipinski definition) is 2. The Morgan fingerprint density at radius 2 is 1.81 bits per heavy atom. The lowest BCUT2D eigenvalue weighted by atomic mass is 10.1. The molecular weight excluding hydrogens is 207 g/mol. The van der Waals surface area contributed by atoms with Gasteiger partial charge in [-0.05, 0) is 49.9 Å². The second kappa shape index (κ2) is 4.22. The van der Waals surface area contributed by atoms with Gasteiger partial charge >= 0.3 is 0 Å². The second-order valence-corrected chi connectivity index (χ2v) is 4.32. The highest BCUT2D eigenvalue weighted by Gasteiger charge is 2.30. The largest absolute Gasteiger partial charge is 0.334 e. The van der Waals surface area contributed by atoms with Crippen molar-refractivity contribution in [1.82, 2.24) is 5.32 Å². The first-order chi connectivity index (χ1) is 7.59. The fraction of sp³-hybridized carbons (Fsp3) is 0.417. The average molecular weight is 222 g/mol. The number of nitrogens with one attached hydrogen (secondary N) is 1. The van der Waals surface area contributed by atoms with E-state index in [-0.39, 0.29) is 11.7 Å². The van der Waals surface area contributed by atoms with E-state index in [2.05, 4.69) is 5.32 Å². The maximum atomic E-state index is 12.7. The molecule has 0 saturated heterocycles. The van der Waals surface area contributed by atoms with Crippen molar-refractivity contribution in [3.63, 3.8) is 0 Å². The van der Waals surface area contributed by atoms with Gasteiger partial charge in [-0.1, -0.05) is 0 Å². The van der Waals surface area contributed by atoms with E-state index in [0.717, 1.165) is 25.7 Å². The minimum absolute atomic E-state index is 0.232. The molecule has 0 radical (unpaired) electrons. The van der Waals surface area contributed by atoms with E-state index in [1.807, 2.05) is 0 Å². The summed E-state index contributed by atoms with van der Waals surface area (Å²) in [7, 11) is 0. The van der Waals surface area contributed by atoms with Crippen molar-refractivity contribution in [3.05, 3.63) is 35.6 Å². The summed E-state index contributed by atoms with van der Waals surface area (Å²) in [6.07, 6.45) is 3.69. The van der Waals surface area contributed by atoms with Crippen LogP contribution in [0.4, 0.5) is 4.39 Å². The highest BCUT2D eigenvalue weighted by Crippen LogP contribution is 2.24. The highest BCUT2D eigenvalue weighted by molar-refractivity contribution is 5.94. The molecule has 0 aliphatic heterocycles. The van der Waals surface area contributed by atoms with E-state index in [1.54, 1.807) is 0 Å². The van der Waals surface area contributed by atoms with E-state index in [1.165, 1.54) is 24.3 Å². The van der Waals surface area contributed by atoms with Gasteiger partial charge in [0.15, 0.2) is 0 Å². The van der Waals surface area contributed by atoms with Crippen LogP contribution in [0, 0.1) is 5.82 Å². The first kappa shape index (κ1) is 11.1. The Labute approximate surface area is 93.8 Å². The smallest absolute Gasteiger partial charge is 0.252 e.